The Morgan fingerprint density at radius 3 is 2.76 bits per heavy atom. The molecule has 0 amide bonds. The third-order valence-corrected chi connectivity index (χ3v) is 5.02. The van der Waals surface area contributed by atoms with E-state index in [0.29, 0.717) is 10.8 Å². The Bertz CT molecular complexity index is 1200. The average molecular weight is 428 g/mol. The van der Waals surface area contributed by atoms with Gasteiger partial charge >= 0.3 is 5.97 Å². The molecule has 146 valence electrons. The lowest BCUT2D eigenvalue weighted by molar-refractivity contribution is -0.144. The lowest BCUT2D eigenvalue weighted by Crippen LogP contribution is -2.24. The maximum atomic E-state index is 13.3. The molecular weight excluding hydrogens is 415 g/mol. The minimum absolute atomic E-state index is 0.115. The Morgan fingerprint density at radius 1 is 1.21 bits per heavy atom. The zero-order chi connectivity index (χ0) is 20.4. The maximum absolute atomic E-state index is 13.3. The fourth-order valence-electron chi connectivity index (χ4n) is 2.49. The Morgan fingerprint density at radius 2 is 2.00 bits per heavy atom. The number of carbonyl (C=O) groups is 1. The summed E-state index contributed by atoms with van der Waals surface area (Å²) < 4.78 is 19.3. The first-order valence-corrected chi connectivity index (χ1v) is 9.58. The van der Waals surface area contributed by atoms with Crippen LogP contribution < -0.4 is 10.8 Å². The minimum Gasteiger partial charge on any atom is -0.353 e. The van der Waals surface area contributed by atoms with Crippen molar-refractivity contribution < 1.29 is 18.5 Å². The molecule has 0 fully saturated rings. The number of nitrogens with one attached hydrogen (secondary N) is 2. The number of anilines is 2. The van der Waals surface area contributed by atoms with Gasteiger partial charge in [-0.1, -0.05) is 40.8 Å². The number of hydrogen-bond acceptors (Lipinski definition) is 8. The smallest absolute Gasteiger partial charge is 0.329 e. The highest BCUT2D eigenvalue weighted by atomic mass is 32.1. The van der Waals surface area contributed by atoms with Crippen molar-refractivity contribution in [3.63, 3.8) is 0 Å². The summed E-state index contributed by atoms with van der Waals surface area (Å²) in [6.45, 7) is 1.25. The summed E-state index contributed by atoms with van der Waals surface area (Å²) in [6, 6.07) is 13.6. The Kier molecular flexibility index (Phi) is 5.19. The number of rotatable bonds is 4. The number of fused-ring (bicyclic) bond motifs is 1. The van der Waals surface area contributed by atoms with Crippen LogP contribution in [0.4, 0.5) is 15.2 Å². The summed E-state index contributed by atoms with van der Waals surface area (Å²) in [5.74, 6) is -0.528. The number of benzene rings is 2. The highest BCUT2D eigenvalue weighted by molar-refractivity contribution is 7.80. The molecule has 2 aromatic heterocycles. The molecule has 0 aliphatic carbocycles. The topological polar surface area (TPSA) is 89.3 Å². The van der Waals surface area contributed by atoms with E-state index in [1.165, 1.54) is 30.4 Å². The number of halogens is 1. The van der Waals surface area contributed by atoms with E-state index >= 15 is 0 Å². The molecule has 4 rings (SSSR count). The van der Waals surface area contributed by atoms with E-state index in [2.05, 4.69) is 25.8 Å². The van der Waals surface area contributed by atoms with Gasteiger partial charge in [-0.25, -0.2) is 14.9 Å². The van der Waals surface area contributed by atoms with Gasteiger partial charge < -0.3 is 14.7 Å². The first-order valence-electron chi connectivity index (χ1n) is 8.36. The first-order chi connectivity index (χ1) is 14.0. The summed E-state index contributed by atoms with van der Waals surface area (Å²) in [5, 5.41) is 7.85. The molecule has 0 spiro atoms. The standard InChI is InChI=1S/C19H13FN4O3S2/c1-10(25)26-24-18(28)16-9-15(23-27-16)11-2-5-13(6-3-11)21-19-22-14-7-4-12(20)8-17(14)29-19/h2-9H,1H3,(H,21,22)(H,24,28). The van der Waals surface area contributed by atoms with E-state index in [9.17, 15) is 9.18 Å². The average Bonchev–Trinajstić information content (AvgIpc) is 3.33. The highest BCUT2D eigenvalue weighted by Gasteiger charge is 2.12. The fraction of sp³-hybridized carbons (Fsp3) is 0.0526. The summed E-state index contributed by atoms with van der Waals surface area (Å²) >= 11 is 6.44. The molecule has 2 aromatic carbocycles. The van der Waals surface area contributed by atoms with Gasteiger partial charge in [-0.2, -0.15) is 0 Å². The van der Waals surface area contributed by atoms with Crippen LogP contribution in [0.3, 0.4) is 0 Å². The summed E-state index contributed by atoms with van der Waals surface area (Å²) in [5.41, 5.74) is 5.28. The molecule has 2 N–H and O–H groups in total. The largest absolute Gasteiger partial charge is 0.353 e. The Hall–Kier alpha value is -3.37. The van der Waals surface area contributed by atoms with Crippen LogP contribution in [0.2, 0.25) is 0 Å². The minimum atomic E-state index is -0.520. The van der Waals surface area contributed by atoms with Gasteiger partial charge in [-0.15, -0.1) is 0 Å². The van der Waals surface area contributed by atoms with Crippen molar-refractivity contribution in [2.45, 2.75) is 6.92 Å². The van der Waals surface area contributed by atoms with E-state index in [1.807, 2.05) is 24.3 Å². The number of hydrogen-bond donors (Lipinski definition) is 2. The van der Waals surface area contributed by atoms with Crippen molar-refractivity contribution in [1.82, 2.24) is 15.6 Å². The van der Waals surface area contributed by atoms with Crippen LogP contribution in [-0.4, -0.2) is 21.1 Å². The normalized spacial score (nSPS) is 10.7. The number of thiocarbonyl (C=S) groups is 1. The third kappa shape index (κ3) is 4.39. The summed E-state index contributed by atoms with van der Waals surface area (Å²) in [4.78, 5) is 20.0. The molecule has 2 heterocycles. The van der Waals surface area contributed by atoms with Crippen molar-refractivity contribution in [2.75, 3.05) is 5.32 Å². The van der Waals surface area contributed by atoms with Gasteiger partial charge in [0.05, 0.1) is 10.2 Å². The van der Waals surface area contributed by atoms with Crippen molar-refractivity contribution in [3.05, 3.63) is 60.1 Å². The van der Waals surface area contributed by atoms with Crippen LogP contribution in [0.1, 0.15) is 12.7 Å². The molecule has 0 aliphatic rings. The monoisotopic (exact) mass is 428 g/mol. The maximum Gasteiger partial charge on any atom is 0.329 e. The van der Waals surface area contributed by atoms with Crippen LogP contribution in [0.5, 0.6) is 0 Å². The number of thiazole rings is 1. The molecule has 0 radical (unpaired) electrons. The predicted octanol–water partition coefficient (Wildman–Crippen LogP) is 4.58. The van der Waals surface area contributed by atoms with Crippen LogP contribution in [0, 0.1) is 5.82 Å². The zero-order valence-electron chi connectivity index (χ0n) is 14.9. The van der Waals surface area contributed by atoms with Crippen molar-refractivity contribution in [1.29, 1.82) is 0 Å². The second kappa shape index (κ2) is 7.94. The first kappa shape index (κ1) is 19.0. The van der Waals surface area contributed by atoms with Gasteiger partial charge in [0, 0.05) is 24.2 Å². The molecule has 0 unspecified atom stereocenters. The van der Waals surface area contributed by atoms with E-state index in [-0.39, 0.29) is 16.6 Å². The number of aromatic nitrogens is 2. The van der Waals surface area contributed by atoms with Crippen LogP contribution in [0.15, 0.2) is 53.1 Å². The van der Waals surface area contributed by atoms with E-state index < -0.39 is 5.97 Å². The SMILES string of the molecule is CC(=O)ONC(=S)c1cc(-c2ccc(Nc3nc4ccc(F)cc4s3)cc2)no1. The van der Waals surface area contributed by atoms with Crippen LogP contribution in [-0.2, 0) is 9.63 Å². The molecule has 0 bridgehead atoms. The molecule has 0 atom stereocenters. The predicted molar refractivity (Wildman–Crippen MR) is 111 cm³/mol. The number of carbonyl (C=O) groups excluding carboxylic acids is 1. The highest BCUT2D eigenvalue weighted by Crippen LogP contribution is 2.29. The van der Waals surface area contributed by atoms with E-state index in [0.717, 1.165) is 21.5 Å². The Labute approximate surface area is 173 Å². The second-order valence-electron chi connectivity index (χ2n) is 5.93. The van der Waals surface area contributed by atoms with E-state index in [1.54, 1.807) is 12.1 Å². The summed E-state index contributed by atoms with van der Waals surface area (Å²) in [6.07, 6.45) is 0. The molecule has 0 aliphatic heterocycles. The van der Waals surface area contributed by atoms with Crippen molar-refractivity contribution >= 4 is 55.5 Å². The molecule has 0 saturated carbocycles. The second-order valence-corrected chi connectivity index (χ2v) is 7.37. The number of hydroxylamine groups is 1. The lowest BCUT2D eigenvalue weighted by atomic mass is 10.1. The molecule has 10 heteroatoms. The van der Waals surface area contributed by atoms with Gasteiger partial charge in [0.2, 0.25) is 0 Å². The van der Waals surface area contributed by atoms with Gasteiger partial charge in [-0.3, -0.25) is 4.79 Å². The van der Waals surface area contributed by atoms with Gasteiger partial charge in [0.25, 0.3) is 0 Å². The number of nitrogens with zero attached hydrogens (tertiary/aromatic N) is 2. The van der Waals surface area contributed by atoms with Crippen molar-refractivity contribution in [3.8, 4) is 11.3 Å². The molecule has 7 nitrogen and oxygen atoms in total. The fourth-order valence-corrected chi connectivity index (χ4v) is 3.54. The molecule has 4 aromatic rings. The molecular formula is C19H13FN4O3S2. The molecule has 0 saturated heterocycles. The Balaban J connectivity index is 1.46. The van der Waals surface area contributed by atoms with Gasteiger partial charge in [0.15, 0.2) is 15.9 Å². The lowest BCUT2D eigenvalue weighted by Gasteiger charge is -2.03. The van der Waals surface area contributed by atoms with Gasteiger partial charge in [-0.05, 0) is 30.3 Å². The third-order valence-electron chi connectivity index (χ3n) is 3.80. The zero-order valence-corrected chi connectivity index (χ0v) is 16.6. The quantitative estimate of drug-likeness (QED) is 0.361. The van der Waals surface area contributed by atoms with Gasteiger partial charge in [0.1, 0.15) is 11.5 Å². The van der Waals surface area contributed by atoms with Crippen LogP contribution in [0.25, 0.3) is 21.5 Å². The van der Waals surface area contributed by atoms with Crippen LogP contribution >= 0.6 is 23.6 Å². The molecule has 29 heavy (non-hydrogen) atoms. The summed E-state index contributed by atoms with van der Waals surface area (Å²) in [7, 11) is 0. The van der Waals surface area contributed by atoms with Crippen molar-refractivity contribution in [2.24, 2.45) is 0 Å². The van der Waals surface area contributed by atoms with E-state index in [4.69, 9.17) is 16.7 Å².